The van der Waals surface area contributed by atoms with Crippen LogP contribution in [0.3, 0.4) is 0 Å². The highest BCUT2D eigenvalue weighted by molar-refractivity contribution is 6.30. The molecular weight excluding hydrogens is 314 g/mol. The minimum absolute atomic E-state index is 0.0336. The molecule has 0 bridgehead atoms. The first-order chi connectivity index (χ1) is 11.2. The van der Waals surface area contributed by atoms with Crippen LogP contribution in [0.5, 0.6) is 0 Å². The molecule has 5 nitrogen and oxygen atoms in total. The van der Waals surface area contributed by atoms with E-state index in [9.17, 15) is 4.79 Å². The molecule has 2 aromatic rings. The second kappa shape index (κ2) is 7.59. The fourth-order valence-corrected chi connectivity index (χ4v) is 3.12. The van der Waals surface area contributed by atoms with Crippen LogP contribution in [0, 0.1) is 0 Å². The van der Waals surface area contributed by atoms with Gasteiger partial charge >= 0.3 is 11.8 Å². The van der Waals surface area contributed by atoms with Gasteiger partial charge in [-0.1, -0.05) is 49.4 Å². The Balaban J connectivity index is 1.60. The van der Waals surface area contributed by atoms with Gasteiger partial charge in [-0.25, -0.2) is 0 Å². The highest BCUT2D eigenvalue weighted by Crippen LogP contribution is 2.18. The number of hydrogen-bond donors (Lipinski definition) is 1. The van der Waals surface area contributed by atoms with E-state index in [4.69, 9.17) is 16.0 Å². The Hall–Kier alpha value is -1.88. The Labute approximate surface area is 140 Å². The van der Waals surface area contributed by atoms with Crippen LogP contribution in [-0.4, -0.2) is 22.1 Å². The monoisotopic (exact) mass is 333 g/mol. The lowest BCUT2D eigenvalue weighted by molar-refractivity contribution is 0.0896. The molecule has 0 saturated heterocycles. The van der Waals surface area contributed by atoms with E-state index < -0.39 is 0 Å². The Morgan fingerprint density at radius 1 is 1.22 bits per heavy atom. The maximum absolute atomic E-state index is 12.2. The van der Waals surface area contributed by atoms with Crippen molar-refractivity contribution in [2.45, 2.75) is 51.0 Å². The molecule has 1 fully saturated rings. The second-order valence-corrected chi connectivity index (χ2v) is 6.41. The summed E-state index contributed by atoms with van der Waals surface area (Å²) < 4.78 is 5.48. The molecule has 1 aromatic carbocycles. The van der Waals surface area contributed by atoms with Crippen LogP contribution < -0.4 is 5.32 Å². The van der Waals surface area contributed by atoms with Crippen molar-refractivity contribution in [1.82, 2.24) is 15.5 Å². The molecule has 1 aliphatic carbocycles. The molecule has 6 heteroatoms. The van der Waals surface area contributed by atoms with Gasteiger partial charge in [0.05, 0.1) is 6.42 Å². The Morgan fingerprint density at radius 2 is 2.00 bits per heavy atom. The van der Waals surface area contributed by atoms with Gasteiger partial charge in [0.15, 0.2) is 0 Å². The number of hydrogen-bond acceptors (Lipinski definition) is 4. The number of carbonyl (C=O) groups excluding carboxylic acids is 1. The normalized spacial score (nSPS) is 16.0. The highest BCUT2D eigenvalue weighted by Gasteiger charge is 2.20. The molecule has 1 N–H and O–H groups in total. The third-order valence-corrected chi connectivity index (χ3v) is 4.33. The predicted octanol–water partition coefficient (Wildman–Crippen LogP) is 3.77. The smallest absolute Gasteiger partial charge is 0.309 e. The van der Waals surface area contributed by atoms with Crippen molar-refractivity contribution in [1.29, 1.82) is 0 Å². The first kappa shape index (κ1) is 16.0. The molecule has 0 unspecified atom stereocenters. The van der Waals surface area contributed by atoms with Crippen LogP contribution >= 0.6 is 11.6 Å². The fourth-order valence-electron chi connectivity index (χ4n) is 2.91. The van der Waals surface area contributed by atoms with Gasteiger partial charge in [-0.05, 0) is 30.5 Å². The van der Waals surface area contributed by atoms with Gasteiger partial charge in [-0.3, -0.25) is 4.79 Å². The maximum atomic E-state index is 12.2. The predicted molar refractivity (Wildman–Crippen MR) is 87.5 cm³/mol. The highest BCUT2D eigenvalue weighted by atomic mass is 35.5. The SMILES string of the molecule is O=C(NC1CCCCCC1)c1nnc(Cc2cccc(Cl)c2)o1. The fraction of sp³-hybridized carbons (Fsp3) is 0.471. The molecule has 1 amide bonds. The lowest BCUT2D eigenvalue weighted by Gasteiger charge is -2.14. The van der Waals surface area contributed by atoms with Gasteiger partial charge in [0.25, 0.3) is 0 Å². The third kappa shape index (κ3) is 4.55. The molecule has 1 aliphatic rings. The molecule has 0 aliphatic heterocycles. The van der Waals surface area contributed by atoms with Crippen LogP contribution in [-0.2, 0) is 6.42 Å². The number of rotatable bonds is 4. The molecule has 3 rings (SSSR count). The minimum atomic E-state index is -0.276. The summed E-state index contributed by atoms with van der Waals surface area (Å²) in [4.78, 5) is 12.2. The first-order valence-corrected chi connectivity index (χ1v) is 8.46. The topological polar surface area (TPSA) is 68.0 Å². The van der Waals surface area contributed by atoms with E-state index in [0.29, 0.717) is 17.3 Å². The number of benzene rings is 1. The Bertz CT molecular complexity index is 663. The zero-order valence-electron chi connectivity index (χ0n) is 12.9. The molecular formula is C17H20ClN3O2. The molecule has 0 radical (unpaired) electrons. The quantitative estimate of drug-likeness (QED) is 0.865. The summed E-state index contributed by atoms with van der Waals surface area (Å²) in [7, 11) is 0. The van der Waals surface area contributed by atoms with Crippen LogP contribution in [0.15, 0.2) is 28.7 Å². The molecule has 1 heterocycles. The molecule has 23 heavy (non-hydrogen) atoms. The van der Waals surface area contributed by atoms with E-state index in [-0.39, 0.29) is 17.8 Å². The van der Waals surface area contributed by atoms with Crippen molar-refractivity contribution in [3.05, 3.63) is 46.6 Å². The number of aromatic nitrogens is 2. The zero-order chi connectivity index (χ0) is 16.1. The van der Waals surface area contributed by atoms with Crippen molar-refractivity contribution in [2.75, 3.05) is 0 Å². The van der Waals surface area contributed by atoms with Crippen molar-refractivity contribution < 1.29 is 9.21 Å². The van der Waals surface area contributed by atoms with Crippen molar-refractivity contribution in [3.63, 3.8) is 0 Å². The number of halogens is 1. The Kier molecular flexibility index (Phi) is 5.28. The van der Waals surface area contributed by atoms with Gasteiger partial charge in [-0.15, -0.1) is 10.2 Å². The Morgan fingerprint density at radius 3 is 2.74 bits per heavy atom. The van der Waals surface area contributed by atoms with Crippen LogP contribution in [0.1, 0.15) is 60.7 Å². The summed E-state index contributed by atoms with van der Waals surface area (Å²) in [6.45, 7) is 0. The van der Waals surface area contributed by atoms with Gasteiger partial charge in [0.2, 0.25) is 5.89 Å². The minimum Gasteiger partial charge on any atom is -0.417 e. The maximum Gasteiger partial charge on any atom is 0.309 e. The van der Waals surface area contributed by atoms with Gasteiger partial charge in [0, 0.05) is 11.1 Å². The summed E-state index contributed by atoms with van der Waals surface area (Å²) in [5, 5.41) is 11.5. The van der Waals surface area contributed by atoms with E-state index in [0.717, 1.165) is 31.2 Å². The number of carbonyl (C=O) groups is 1. The molecule has 0 atom stereocenters. The summed E-state index contributed by atoms with van der Waals surface area (Å²) in [5.41, 5.74) is 0.969. The second-order valence-electron chi connectivity index (χ2n) is 5.97. The molecule has 1 saturated carbocycles. The van der Waals surface area contributed by atoms with Crippen molar-refractivity contribution in [2.24, 2.45) is 0 Å². The van der Waals surface area contributed by atoms with Crippen LogP contribution in [0.2, 0.25) is 5.02 Å². The summed E-state index contributed by atoms with van der Waals surface area (Å²) in [5.74, 6) is 0.173. The average Bonchev–Trinajstić information content (AvgIpc) is 2.84. The number of amides is 1. The standard InChI is InChI=1S/C17H20ClN3O2/c18-13-7-5-6-12(10-13)11-15-20-21-17(23-15)16(22)19-14-8-3-1-2-4-9-14/h5-7,10,14H,1-4,8-9,11H2,(H,19,22). The van der Waals surface area contributed by atoms with Gasteiger partial charge < -0.3 is 9.73 Å². The van der Waals surface area contributed by atoms with Crippen LogP contribution in [0.4, 0.5) is 0 Å². The summed E-state index contributed by atoms with van der Waals surface area (Å²) >= 11 is 5.96. The molecule has 0 spiro atoms. The zero-order valence-corrected chi connectivity index (χ0v) is 13.7. The largest absolute Gasteiger partial charge is 0.417 e. The van der Waals surface area contributed by atoms with E-state index >= 15 is 0 Å². The summed E-state index contributed by atoms with van der Waals surface area (Å²) in [6, 6.07) is 7.67. The van der Waals surface area contributed by atoms with Gasteiger partial charge in [0.1, 0.15) is 0 Å². The van der Waals surface area contributed by atoms with Gasteiger partial charge in [-0.2, -0.15) is 0 Å². The first-order valence-electron chi connectivity index (χ1n) is 8.08. The number of nitrogens with one attached hydrogen (secondary N) is 1. The van der Waals surface area contributed by atoms with E-state index in [1.54, 1.807) is 0 Å². The number of nitrogens with zero attached hydrogens (tertiary/aromatic N) is 2. The average molecular weight is 334 g/mol. The van der Waals surface area contributed by atoms with E-state index in [2.05, 4.69) is 15.5 Å². The van der Waals surface area contributed by atoms with E-state index in [1.807, 2.05) is 24.3 Å². The lowest BCUT2D eigenvalue weighted by atomic mass is 10.1. The summed E-state index contributed by atoms with van der Waals surface area (Å²) in [6.07, 6.45) is 7.33. The third-order valence-electron chi connectivity index (χ3n) is 4.10. The molecule has 1 aromatic heterocycles. The van der Waals surface area contributed by atoms with Crippen molar-refractivity contribution >= 4 is 17.5 Å². The van der Waals surface area contributed by atoms with Crippen LogP contribution in [0.25, 0.3) is 0 Å². The molecule has 122 valence electrons. The van der Waals surface area contributed by atoms with E-state index in [1.165, 1.54) is 12.8 Å². The lowest BCUT2D eigenvalue weighted by Crippen LogP contribution is -2.34. The van der Waals surface area contributed by atoms with Crippen molar-refractivity contribution in [3.8, 4) is 0 Å².